The van der Waals surface area contributed by atoms with Crippen LogP contribution in [-0.2, 0) is 0 Å². The van der Waals surface area contributed by atoms with Crippen LogP contribution in [0.25, 0.3) is 0 Å². The number of carboxylic acid groups (broad SMARTS) is 1. The summed E-state index contributed by atoms with van der Waals surface area (Å²) in [5.41, 5.74) is 0. The van der Waals surface area contributed by atoms with E-state index in [4.69, 9.17) is 5.11 Å². The molecule has 1 N–H and O–H groups in total. The van der Waals surface area contributed by atoms with Crippen molar-refractivity contribution in [2.75, 3.05) is 0 Å². The molecule has 1 rings (SSSR count). The Bertz CT molecular complexity index is 188. The quantitative estimate of drug-likeness (QED) is 0.558. The zero-order chi connectivity index (χ0) is 5.98. The van der Waals surface area contributed by atoms with E-state index in [0.29, 0.717) is 0 Å². The summed E-state index contributed by atoms with van der Waals surface area (Å²) in [6.07, 6.45) is 1.22. The third-order valence-electron chi connectivity index (χ3n) is 0.572. The maximum atomic E-state index is 9.99. The van der Waals surface area contributed by atoms with Crippen molar-refractivity contribution in [3.8, 4) is 0 Å². The molecule has 0 saturated heterocycles. The second kappa shape index (κ2) is 3.94. The second-order valence-corrected chi connectivity index (χ2v) is 1.87. The molecule has 1 aromatic heterocycles. The van der Waals surface area contributed by atoms with E-state index in [1.165, 1.54) is 6.20 Å². The molecule has 0 fully saturated rings. The number of hydrogen-bond donors (Lipinski definition) is 1. The molecule has 4 nitrogen and oxygen atoms in total. The van der Waals surface area contributed by atoms with Gasteiger partial charge in [-0.3, -0.25) is 0 Å². The fourth-order valence-corrected chi connectivity index (χ4v) is 0.616. The molecule has 6 heteroatoms. The van der Waals surface area contributed by atoms with Gasteiger partial charge >= 0.3 is 35.5 Å². The van der Waals surface area contributed by atoms with Crippen molar-refractivity contribution in [3.63, 3.8) is 0 Å². The average molecular weight is 154 g/mol. The Morgan fingerprint density at radius 3 is 2.67 bits per heavy atom. The van der Waals surface area contributed by atoms with Crippen LogP contribution in [0.15, 0.2) is 6.20 Å². The van der Waals surface area contributed by atoms with Gasteiger partial charge in [0, 0.05) is 0 Å². The molecule has 0 unspecified atom stereocenters. The van der Waals surface area contributed by atoms with Crippen LogP contribution in [0.2, 0.25) is 0 Å². The van der Waals surface area contributed by atoms with Gasteiger partial charge in [0.2, 0.25) is 0 Å². The van der Waals surface area contributed by atoms with E-state index in [1.807, 2.05) is 0 Å². The van der Waals surface area contributed by atoms with Crippen LogP contribution in [-0.4, -0.2) is 50.2 Å². The van der Waals surface area contributed by atoms with E-state index >= 15 is 0 Å². The number of hydrogen-bond acceptors (Lipinski definition) is 4. The van der Waals surface area contributed by atoms with E-state index in [-0.39, 0.29) is 34.4 Å². The topological polar surface area (TPSA) is 63.1 Å². The minimum absolute atomic E-state index is 0. The molecule has 0 spiro atoms. The predicted octanol–water partition coefficient (Wildman–Crippen LogP) is -0.412. The molecule has 0 amide bonds. The SMILES string of the molecule is O=C(O)c1cnns1.[NaH]. The molecular weight excluding hydrogens is 151 g/mol. The Morgan fingerprint density at radius 1 is 1.78 bits per heavy atom. The number of aromatic carboxylic acids is 1. The number of aromatic nitrogens is 2. The molecular formula is C3H3N2NaO2S. The zero-order valence-corrected chi connectivity index (χ0v) is 4.55. The van der Waals surface area contributed by atoms with Crippen molar-refractivity contribution in [2.45, 2.75) is 0 Å². The van der Waals surface area contributed by atoms with Gasteiger partial charge in [0.15, 0.2) is 4.88 Å². The monoisotopic (exact) mass is 154 g/mol. The summed E-state index contributed by atoms with van der Waals surface area (Å²) < 4.78 is 3.35. The number of nitrogens with zero attached hydrogens (tertiary/aromatic N) is 2. The molecule has 0 atom stereocenters. The molecule has 9 heavy (non-hydrogen) atoms. The van der Waals surface area contributed by atoms with Gasteiger partial charge < -0.3 is 5.11 Å². The third kappa shape index (κ3) is 2.40. The van der Waals surface area contributed by atoms with Crippen molar-refractivity contribution in [1.29, 1.82) is 0 Å². The van der Waals surface area contributed by atoms with Crippen LogP contribution in [0.3, 0.4) is 0 Å². The average Bonchev–Trinajstić information content (AvgIpc) is 2.12. The molecule has 0 aromatic carbocycles. The number of rotatable bonds is 1. The molecule has 0 saturated carbocycles. The summed E-state index contributed by atoms with van der Waals surface area (Å²) in [6.45, 7) is 0. The van der Waals surface area contributed by atoms with Crippen molar-refractivity contribution in [1.82, 2.24) is 9.59 Å². The molecule has 0 aliphatic heterocycles. The molecule has 44 valence electrons. The van der Waals surface area contributed by atoms with Crippen LogP contribution in [0.4, 0.5) is 0 Å². The summed E-state index contributed by atoms with van der Waals surface area (Å²) in [5, 5.41) is 11.5. The fraction of sp³-hybridized carbons (Fsp3) is 0. The fourth-order valence-electron chi connectivity index (χ4n) is 0.261. The van der Waals surface area contributed by atoms with Gasteiger partial charge in [-0.15, -0.1) is 5.10 Å². The van der Waals surface area contributed by atoms with Crippen LogP contribution >= 0.6 is 11.5 Å². The van der Waals surface area contributed by atoms with Gasteiger partial charge in [-0.25, -0.2) is 4.79 Å². The summed E-state index contributed by atoms with van der Waals surface area (Å²) in [7, 11) is 0. The first-order valence-corrected chi connectivity index (χ1v) is 2.58. The molecule has 1 aromatic rings. The Morgan fingerprint density at radius 2 is 2.44 bits per heavy atom. The van der Waals surface area contributed by atoms with E-state index in [1.54, 1.807) is 0 Å². The van der Waals surface area contributed by atoms with Gasteiger partial charge in [-0.2, -0.15) is 0 Å². The summed E-state index contributed by atoms with van der Waals surface area (Å²) in [6, 6.07) is 0. The van der Waals surface area contributed by atoms with Crippen LogP contribution in [0.1, 0.15) is 9.67 Å². The van der Waals surface area contributed by atoms with E-state index in [9.17, 15) is 4.79 Å². The van der Waals surface area contributed by atoms with Crippen molar-refractivity contribution in [2.24, 2.45) is 0 Å². The Kier molecular flexibility index (Phi) is 3.96. The normalized spacial score (nSPS) is 8.00. The van der Waals surface area contributed by atoms with Crippen molar-refractivity contribution in [3.05, 3.63) is 11.1 Å². The van der Waals surface area contributed by atoms with E-state index in [0.717, 1.165) is 11.5 Å². The Labute approximate surface area is 77.4 Å². The van der Waals surface area contributed by atoms with Gasteiger partial charge in [-0.1, -0.05) is 4.49 Å². The van der Waals surface area contributed by atoms with Crippen molar-refractivity contribution >= 4 is 47.1 Å². The molecule has 0 bridgehead atoms. The summed E-state index contributed by atoms with van der Waals surface area (Å²) in [5.74, 6) is -0.972. The zero-order valence-electron chi connectivity index (χ0n) is 3.74. The predicted molar refractivity (Wildman–Crippen MR) is 34.0 cm³/mol. The van der Waals surface area contributed by atoms with Crippen molar-refractivity contribution < 1.29 is 9.90 Å². The molecule has 0 radical (unpaired) electrons. The first kappa shape index (κ1) is 9.03. The third-order valence-corrected chi connectivity index (χ3v) is 1.22. The number of carboxylic acids is 1. The Hall–Kier alpha value is 0.0300. The summed E-state index contributed by atoms with van der Waals surface area (Å²) in [4.78, 5) is 10.2. The molecule has 0 aliphatic carbocycles. The number of carbonyl (C=O) groups is 1. The first-order chi connectivity index (χ1) is 3.80. The summed E-state index contributed by atoms with van der Waals surface area (Å²) >= 11 is 0.870. The Balaban J connectivity index is 0.000000640. The van der Waals surface area contributed by atoms with Crippen LogP contribution < -0.4 is 0 Å². The molecule has 1 heterocycles. The first-order valence-electron chi connectivity index (χ1n) is 1.81. The van der Waals surface area contributed by atoms with Crippen LogP contribution in [0.5, 0.6) is 0 Å². The maximum absolute atomic E-state index is 9.99. The van der Waals surface area contributed by atoms with Gasteiger partial charge in [0.25, 0.3) is 0 Å². The van der Waals surface area contributed by atoms with Gasteiger partial charge in [0.05, 0.1) is 6.20 Å². The van der Waals surface area contributed by atoms with Gasteiger partial charge in [-0.05, 0) is 11.5 Å². The minimum atomic E-state index is -0.972. The van der Waals surface area contributed by atoms with Crippen LogP contribution in [0, 0.1) is 0 Å². The van der Waals surface area contributed by atoms with Gasteiger partial charge in [0.1, 0.15) is 0 Å². The second-order valence-electron chi connectivity index (χ2n) is 1.09. The van der Waals surface area contributed by atoms with E-state index < -0.39 is 5.97 Å². The van der Waals surface area contributed by atoms with E-state index in [2.05, 4.69) is 9.59 Å². The molecule has 0 aliphatic rings. The standard InChI is InChI=1S/C3H2N2O2S.Na.H/c6-3(7)2-1-4-5-8-2;;/h1H,(H,6,7);;.